The number of nitrogens with two attached hydrogens (primary N) is 1. The van der Waals surface area contributed by atoms with Crippen molar-refractivity contribution in [2.45, 2.75) is 19.8 Å². The van der Waals surface area contributed by atoms with Crippen LogP contribution in [0.15, 0.2) is 30.5 Å². The highest BCUT2D eigenvalue weighted by Crippen LogP contribution is 2.29. The van der Waals surface area contributed by atoms with Crippen LogP contribution in [0.4, 0.5) is 5.69 Å². The smallest absolute Gasteiger partial charge is 0.357 e. The lowest BCUT2D eigenvalue weighted by Crippen LogP contribution is -2.12. The molecule has 0 amide bonds. The number of anilines is 1. The number of aromatic nitrogens is 1. The van der Waals surface area contributed by atoms with Gasteiger partial charge < -0.3 is 15.0 Å². The monoisotopic (exact) mass is 283 g/mol. The number of para-hydroxylation sites is 1. The van der Waals surface area contributed by atoms with Crippen molar-refractivity contribution in [1.29, 1.82) is 5.26 Å². The van der Waals surface area contributed by atoms with Gasteiger partial charge in [-0.05, 0) is 17.5 Å². The Labute approximate surface area is 123 Å². The van der Waals surface area contributed by atoms with Gasteiger partial charge in [0.2, 0.25) is 0 Å². The quantitative estimate of drug-likeness (QED) is 0.878. The van der Waals surface area contributed by atoms with Crippen LogP contribution in [-0.2, 0) is 4.74 Å². The first-order valence-corrected chi connectivity index (χ1v) is 6.59. The van der Waals surface area contributed by atoms with Gasteiger partial charge in [0.25, 0.3) is 0 Å². The van der Waals surface area contributed by atoms with Crippen LogP contribution in [0.5, 0.6) is 0 Å². The zero-order chi connectivity index (χ0) is 15.6. The minimum Gasteiger partial charge on any atom is -0.464 e. The van der Waals surface area contributed by atoms with E-state index < -0.39 is 5.97 Å². The van der Waals surface area contributed by atoms with Crippen LogP contribution in [-0.4, -0.2) is 17.6 Å². The third kappa shape index (κ3) is 2.48. The Morgan fingerprint density at radius 3 is 2.62 bits per heavy atom. The second-order valence-corrected chi connectivity index (χ2v) is 4.99. The van der Waals surface area contributed by atoms with Crippen molar-refractivity contribution in [2.24, 2.45) is 0 Å². The number of carbonyl (C=O) groups is 1. The molecule has 0 spiro atoms. The van der Waals surface area contributed by atoms with Gasteiger partial charge in [0.15, 0.2) is 5.69 Å². The molecule has 1 aromatic heterocycles. The molecule has 0 aliphatic rings. The SMILES string of the molecule is COC(=O)c1c(N)c(C#N)cn1-c1ccccc1C(C)C. The number of esters is 1. The number of nitrogens with zero attached hydrogens (tertiary/aromatic N) is 2. The van der Waals surface area contributed by atoms with Crippen molar-refractivity contribution in [2.75, 3.05) is 12.8 Å². The normalized spacial score (nSPS) is 10.4. The van der Waals surface area contributed by atoms with Gasteiger partial charge in [-0.1, -0.05) is 32.0 Å². The molecule has 0 fully saturated rings. The van der Waals surface area contributed by atoms with Crippen LogP contribution in [0.2, 0.25) is 0 Å². The molecule has 0 aliphatic heterocycles. The van der Waals surface area contributed by atoms with Gasteiger partial charge in [-0.2, -0.15) is 5.26 Å². The molecule has 5 nitrogen and oxygen atoms in total. The standard InChI is InChI=1S/C16H17N3O2/c1-10(2)12-6-4-5-7-13(12)19-9-11(8-17)14(18)15(19)16(20)21-3/h4-7,9-10H,18H2,1-3H3. The van der Waals surface area contributed by atoms with Crippen molar-refractivity contribution in [1.82, 2.24) is 4.57 Å². The van der Waals surface area contributed by atoms with Crippen LogP contribution in [0.3, 0.4) is 0 Å². The highest BCUT2D eigenvalue weighted by molar-refractivity contribution is 5.96. The van der Waals surface area contributed by atoms with E-state index in [1.165, 1.54) is 7.11 Å². The molecule has 0 saturated heterocycles. The Hall–Kier alpha value is -2.74. The van der Waals surface area contributed by atoms with Crippen molar-refractivity contribution < 1.29 is 9.53 Å². The highest BCUT2D eigenvalue weighted by atomic mass is 16.5. The van der Waals surface area contributed by atoms with Gasteiger partial charge in [0.05, 0.1) is 18.4 Å². The number of ether oxygens (including phenoxy) is 1. The van der Waals surface area contributed by atoms with Gasteiger partial charge in [-0.25, -0.2) is 4.79 Å². The third-order valence-electron chi connectivity index (χ3n) is 3.36. The Bertz CT molecular complexity index is 724. The predicted molar refractivity (Wildman–Crippen MR) is 80.3 cm³/mol. The largest absolute Gasteiger partial charge is 0.464 e. The van der Waals surface area contributed by atoms with Crippen molar-refractivity contribution in [3.8, 4) is 11.8 Å². The molecule has 2 N–H and O–H groups in total. The summed E-state index contributed by atoms with van der Waals surface area (Å²) in [5, 5.41) is 9.14. The minimum atomic E-state index is -0.562. The van der Waals surface area contributed by atoms with Crippen LogP contribution in [0.1, 0.15) is 41.4 Å². The fraction of sp³-hybridized carbons (Fsp3) is 0.250. The summed E-state index contributed by atoms with van der Waals surface area (Å²) in [6.07, 6.45) is 1.57. The second kappa shape index (κ2) is 5.71. The van der Waals surface area contributed by atoms with Crippen LogP contribution in [0.25, 0.3) is 5.69 Å². The zero-order valence-corrected chi connectivity index (χ0v) is 12.3. The summed E-state index contributed by atoms with van der Waals surface area (Å²) in [6, 6.07) is 9.70. The summed E-state index contributed by atoms with van der Waals surface area (Å²) in [4.78, 5) is 12.0. The molecule has 1 heterocycles. The van der Waals surface area contributed by atoms with E-state index in [1.807, 2.05) is 30.3 Å². The number of nitrogen functional groups attached to an aromatic ring is 1. The van der Waals surface area contributed by atoms with E-state index >= 15 is 0 Å². The molecule has 1 aromatic carbocycles. The molecule has 21 heavy (non-hydrogen) atoms. The summed E-state index contributed by atoms with van der Waals surface area (Å²) < 4.78 is 6.42. The maximum Gasteiger partial charge on any atom is 0.357 e. The molecule has 108 valence electrons. The third-order valence-corrected chi connectivity index (χ3v) is 3.36. The van der Waals surface area contributed by atoms with Gasteiger partial charge in [0, 0.05) is 11.9 Å². The first-order valence-electron chi connectivity index (χ1n) is 6.59. The molecular formula is C16H17N3O2. The molecule has 0 radical (unpaired) electrons. The van der Waals surface area contributed by atoms with Crippen LogP contribution in [0, 0.1) is 11.3 Å². The average Bonchev–Trinajstić information content (AvgIpc) is 2.83. The molecule has 0 saturated carbocycles. The van der Waals surface area contributed by atoms with Crippen LogP contribution < -0.4 is 5.73 Å². The molecule has 0 atom stereocenters. The molecule has 0 bridgehead atoms. The Morgan fingerprint density at radius 1 is 1.38 bits per heavy atom. The molecular weight excluding hydrogens is 266 g/mol. The lowest BCUT2D eigenvalue weighted by molar-refractivity contribution is 0.0593. The van der Waals surface area contributed by atoms with E-state index in [-0.39, 0.29) is 22.9 Å². The molecule has 0 aliphatic carbocycles. The van der Waals surface area contributed by atoms with Gasteiger partial charge in [0.1, 0.15) is 6.07 Å². The average molecular weight is 283 g/mol. The minimum absolute atomic E-state index is 0.142. The summed E-state index contributed by atoms with van der Waals surface area (Å²) in [5.74, 6) is -0.298. The fourth-order valence-corrected chi connectivity index (χ4v) is 2.30. The predicted octanol–water partition coefficient (Wildman–Crippen LogP) is 2.84. The van der Waals surface area contributed by atoms with Crippen molar-refractivity contribution in [3.05, 3.63) is 47.3 Å². The van der Waals surface area contributed by atoms with Crippen LogP contribution >= 0.6 is 0 Å². The number of carbonyl (C=O) groups excluding carboxylic acids is 1. The molecule has 2 rings (SSSR count). The lowest BCUT2D eigenvalue weighted by Gasteiger charge is -2.15. The van der Waals surface area contributed by atoms with Crippen molar-refractivity contribution >= 4 is 11.7 Å². The van der Waals surface area contributed by atoms with Crippen molar-refractivity contribution in [3.63, 3.8) is 0 Å². The molecule has 0 unspecified atom stereocenters. The Balaban J connectivity index is 2.76. The zero-order valence-electron chi connectivity index (χ0n) is 12.3. The molecule has 2 aromatic rings. The van der Waals surface area contributed by atoms with E-state index in [0.717, 1.165) is 11.3 Å². The molecule has 5 heteroatoms. The van der Waals surface area contributed by atoms with Gasteiger partial charge >= 0.3 is 5.97 Å². The highest BCUT2D eigenvalue weighted by Gasteiger charge is 2.23. The number of hydrogen-bond donors (Lipinski definition) is 1. The summed E-state index contributed by atoms with van der Waals surface area (Å²) in [5.41, 5.74) is 8.37. The summed E-state index contributed by atoms with van der Waals surface area (Å²) in [6.45, 7) is 4.13. The number of nitriles is 1. The van der Waals surface area contributed by atoms with E-state index in [1.54, 1.807) is 10.8 Å². The topological polar surface area (TPSA) is 81.0 Å². The Morgan fingerprint density at radius 2 is 2.05 bits per heavy atom. The first kappa shape index (κ1) is 14.7. The van der Waals surface area contributed by atoms with Gasteiger partial charge in [-0.3, -0.25) is 0 Å². The van der Waals surface area contributed by atoms with Gasteiger partial charge in [-0.15, -0.1) is 0 Å². The Kier molecular flexibility index (Phi) is 3.99. The van der Waals surface area contributed by atoms with E-state index in [4.69, 9.17) is 15.7 Å². The first-order chi connectivity index (χ1) is 10.0. The van der Waals surface area contributed by atoms with E-state index in [9.17, 15) is 4.79 Å². The number of rotatable bonds is 3. The number of benzene rings is 1. The maximum absolute atomic E-state index is 12.0. The summed E-state index contributed by atoms with van der Waals surface area (Å²) in [7, 11) is 1.29. The number of methoxy groups -OCH3 is 1. The second-order valence-electron chi connectivity index (χ2n) is 4.99. The fourth-order valence-electron chi connectivity index (χ4n) is 2.30. The lowest BCUT2D eigenvalue weighted by atomic mass is 10.0. The van der Waals surface area contributed by atoms with E-state index in [0.29, 0.717) is 0 Å². The summed E-state index contributed by atoms with van der Waals surface area (Å²) >= 11 is 0. The number of hydrogen-bond acceptors (Lipinski definition) is 4. The maximum atomic E-state index is 12.0. The van der Waals surface area contributed by atoms with E-state index in [2.05, 4.69) is 13.8 Å².